The van der Waals surface area contributed by atoms with E-state index in [9.17, 15) is 4.79 Å². The van der Waals surface area contributed by atoms with Gasteiger partial charge >= 0.3 is 0 Å². The molecule has 0 radical (unpaired) electrons. The van der Waals surface area contributed by atoms with Crippen molar-refractivity contribution in [2.75, 3.05) is 49.5 Å². The molecule has 0 spiro atoms. The molecular weight excluding hydrogens is 374 g/mol. The third kappa shape index (κ3) is 5.18. The molecule has 0 atom stereocenters. The van der Waals surface area contributed by atoms with Crippen LogP contribution in [-0.4, -0.2) is 50.1 Å². The van der Waals surface area contributed by atoms with E-state index in [2.05, 4.69) is 22.0 Å². The standard InChI is InChI=1S/C22H28ClN3O2/c1-4-25-9-11-26(12-10-25)21-8-6-18(14-20(21)23)24-22(27)15-28-19-7-5-16(2)17(3)13-19/h5-8,13-14H,4,9-12,15H2,1-3H3,(H,24,27). The van der Waals surface area contributed by atoms with Crippen molar-refractivity contribution in [3.05, 3.63) is 52.5 Å². The van der Waals surface area contributed by atoms with Crippen LogP contribution in [0.5, 0.6) is 5.75 Å². The number of likely N-dealkylation sites (N-methyl/N-ethyl adjacent to an activating group) is 1. The van der Waals surface area contributed by atoms with Gasteiger partial charge in [-0.3, -0.25) is 4.79 Å². The van der Waals surface area contributed by atoms with E-state index in [1.54, 1.807) is 6.07 Å². The normalized spacial score (nSPS) is 14.8. The number of nitrogens with one attached hydrogen (secondary N) is 1. The molecule has 150 valence electrons. The average molecular weight is 402 g/mol. The molecule has 0 saturated carbocycles. The van der Waals surface area contributed by atoms with Crippen molar-refractivity contribution < 1.29 is 9.53 Å². The Labute approximate surface area is 172 Å². The summed E-state index contributed by atoms with van der Waals surface area (Å²) in [6.07, 6.45) is 0. The molecule has 1 N–H and O–H groups in total. The molecule has 28 heavy (non-hydrogen) atoms. The van der Waals surface area contributed by atoms with Crippen LogP contribution < -0.4 is 15.0 Å². The maximum atomic E-state index is 12.2. The van der Waals surface area contributed by atoms with Crippen LogP contribution in [0.3, 0.4) is 0 Å². The minimum Gasteiger partial charge on any atom is -0.484 e. The van der Waals surface area contributed by atoms with Crippen molar-refractivity contribution in [2.24, 2.45) is 0 Å². The van der Waals surface area contributed by atoms with Gasteiger partial charge in [-0.2, -0.15) is 0 Å². The van der Waals surface area contributed by atoms with Gasteiger partial charge < -0.3 is 19.9 Å². The minimum atomic E-state index is -0.210. The number of piperazine rings is 1. The first-order chi connectivity index (χ1) is 13.5. The van der Waals surface area contributed by atoms with E-state index in [0.717, 1.165) is 44.0 Å². The van der Waals surface area contributed by atoms with Crippen molar-refractivity contribution in [1.82, 2.24) is 4.90 Å². The number of carbonyl (C=O) groups excluding carboxylic acids is 1. The highest BCUT2D eigenvalue weighted by Crippen LogP contribution is 2.29. The van der Waals surface area contributed by atoms with Crippen LogP contribution in [0, 0.1) is 13.8 Å². The molecule has 2 aromatic rings. The van der Waals surface area contributed by atoms with Crippen LogP contribution in [0.25, 0.3) is 0 Å². The number of aryl methyl sites for hydroxylation is 2. The summed E-state index contributed by atoms with van der Waals surface area (Å²) in [7, 11) is 0. The predicted molar refractivity (Wildman–Crippen MR) is 116 cm³/mol. The zero-order valence-corrected chi connectivity index (χ0v) is 17.6. The van der Waals surface area contributed by atoms with E-state index in [1.807, 2.05) is 44.2 Å². The number of carbonyl (C=O) groups is 1. The molecule has 2 aromatic carbocycles. The molecule has 3 rings (SSSR count). The fourth-order valence-electron chi connectivity index (χ4n) is 3.30. The second kappa shape index (κ2) is 9.30. The number of anilines is 2. The number of halogens is 1. The number of hydrogen-bond donors (Lipinski definition) is 1. The Bertz CT molecular complexity index is 833. The third-order valence-electron chi connectivity index (χ3n) is 5.24. The van der Waals surface area contributed by atoms with Gasteiger partial charge in [-0.1, -0.05) is 24.6 Å². The van der Waals surface area contributed by atoms with Crippen molar-refractivity contribution >= 4 is 28.9 Å². The molecule has 0 aromatic heterocycles. The number of nitrogens with zero attached hydrogens (tertiary/aromatic N) is 2. The number of ether oxygens (including phenoxy) is 1. The molecule has 1 aliphatic heterocycles. The molecule has 6 heteroatoms. The summed E-state index contributed by atoms with van der Waals surface area (Å²) < 4.78 is 5.59. The van der Waals surface area contributed by atoms with Gasteiger partial charge in [0.05, 0.1) is 10.7 Å². The first-order valence-electron chi connectivity index (χ1n) is 9.73. The highest BCUT2D eigenvalue weighted by molar-refractivity contribution is 6.33. The second-order valence-electron chi connectivity index (χ2n) is 7.17. The second-order valence-corrected chi connectivity index (χ2v) is 7.58. The van der Waals surface area contributed by atoms with Crippen molar-refractivity contribution in [3.8, 4) is 5.75 Å². The van der Waals surface area contributed by atoms with Gasteiger partial charge in [0.1, 0.15) is 5.75 Å². The van der Waals surface area contributed by atoms with Gasteiger partial charge in [0.15, 0.2) is 6.61 Å². The highest BCUT2D eigenvalue weighted by Gasteiger charge is 2.18. The Kier molecular flexibility index (Phi) is 6.81. The fraction of sp³-hybridized carbons (Fsp3) is 0.409. The van der Waals surface area contributed by atoms with Crippen molar-refractivity contribution in [2.45, 2.75) is 20.8 Å². The SMILES string of the molecule is CCN1CCN(c2ccc(NC(=O)COc3ccc(C)c(C)c3)cc2Cl)CC1. The van der Waals surface area contributed by atoms with Gasteiger partial charge in [0, 0.05) is 31.9 Å². The highest BCUT2D eigenvalue weighted by atomic mass is 35.5. The van der Waals surface area contributed by atoms with E-state index in [1.165, 1.54) is 5.56 Å². The molecule has 0 aliphatic carbocycles. The quantitative estimate of drug-likeness (QED) is 0.790. The van der Waals surface area contributed by atoms with Crippen LogP contribution in [0.1, 0.15) is 18.1 Å². The zero-order valence-electron chi connectivity index (χ0n) is 16.8. The molecular formula is C22H28ClN3O2. The maximum absolute atomic E-state index is 12.2. The number of rotatable bonds is 6. The summed E-state index contributed by atoms with van der Waals surface area (Å²) in [5.74, 6) is 0.483. The molecule has 0 bridgehead atoms. The predicted octanol–water partition coefficient (Wildman–Crippen LogP) is 4.12. The summed E-state index contributed by atoms with van der Waals surface area (Å²) in [4.78, 5) is 16.9. The Morgan fingerprint density at radius 3 is 2.46 bits per heavy atom. The summed E-state index contributed by atoms with van der Waals surface area (Å²) in [6.45, 7) is 11.3. The number of hydrogen-bond acceptors (Lipinski definition) is 4. The first-order valence-corrected chi connectivity index (χ1v) is 10.1. The summed E-state index contributed by atoms with van der Waals surface area (Å²) >= 11 is 6.48. The van der Waals surface area contributed by atoms with Gasteiger partial charge in [0.25, 0.3) is 5.91 Å². The topological polar surface area (TPSA) is 44.8 Å². The average Bonchev–Trinajstić information content (AvgIpc) is 2.69. The zero-order chi connectivity index (χ0) is 20.1. The lowest BCUT2D eigenvalue weighted by Crippen LogP contribution is -2.46. The Hall–Kier alpha value is -2.24. The number of benzene rings is 2. The fourth-order valence-corrected chi connectivity index (χ4v) is 3.60. The van der Waals surface area contributed by atoms with E-state index in [0.29, 0.717) is 16.5 Å². The minimum absolute atomic E-state index is 0.0408. The first kappa shape index (κ1) is 20.5. The van der Waals surface area contributed by atoms with Crippen LogP contribution in [-0.2, 0) is 4.79 Å². The van der Waals surface area contributed by atoms with Gasteiger partial charge in [-0.05, 0) is 61.9 Å². The third-order valence-corrected chi connectivity index (χ3v) is 5.54. The monoisotopic (exact) mass is 401 g/mol. The lowest BCUT2D eigenvalue weighted by molar-refractivity contribution is -0.118. The van der Waals surface area contributed by atoms with Crippen LogP contribution in [0.2, 0.25) is 5.02 Å². The molecule has 1 saturated heterocycles. The van der Waals surface area contributed by atoms with Crippen molar-refractivity contribution in [1.29, 1.82) is 0 Å². The van der Waals surface area contributed by atoms with Crippen LogP contribution in [0.4, 0.5) is 11.4 Å². The largest absolute Gasteiger partial charge is 0.484 e. The van der Waals surface area contributed by atoms with Gasteiger partial charge in [-0.25, -0.2) is 0 Å². The van der Waals surface area contributed by atoms with E-state index in [-0.39, 0.29) is 12.5 Å². The van der Waals surface area contributed by atoms with E-state index in [4.69, 9.17) is 16.3 Å². The summed E-state index contributed by atoms with van der Waals surface area (Å²) in [6, 6.07) is 11.5. The Morgan fingerprint density at radius 1 is 1.07 bits per heavy atom. The van der Waals surface area contributed by atoms with E-state index < -0.39 is 0 Å². The van der Waals surface area contributed by atoms with Crippen LogP contribution in [0.15, 0.2) is 36.4 Å². The molecule has 1 heterocycles. The number of amides is 1. The molecule has 5 nitrogen and oxygen atoms in total. The van der Waals surface area contributed by atoms with Gasteiger partial charge in [-0.15, -0.1) is 0 Å². The van der Waals surface area contributed by atoms with Crippen LogP contribution >= 0.6 is 11.6 Å². The summed E-state index contributed by atoms with van der Waals surface area (Å²) in [5, 5.41) is 3.50. The summed E-state index contributed by atoms with van der Waals surface area (Å²) in [5.41, 5.74) is 4.03. The lowest BCUT2D eigenvalue weighted by Gasteiger charge is -2.36. The maximum Gasteiger partial charge on any atom is 0.262 e. The molecule has 0 unspecified atom stereocenters. The Morgan fingerprint density at radius 2 is 1.82 bits per heavy atom. The molecule has 1 fully saturated rings. The lowest BCUT2D eigenvalue weighted by atomic mass is 10.1. The molecule has 1 aliphatic rings. The van der Waals surface area contributed by atoms with Crippen molar-refractivity contribution in [3.63, 3.8) is 0 Å². The molecule has 1 amide bonds. The Balaban J connectivity index is 1.55. The van der Waals surface area contributed by atoms with E-state index >= 15 is 0 Å². The smallest absolute Gasteiger partial charge is 0.262 e. The van der Waals surface area contributed by atoms with Gasteiger partial charge in [0.2, 0.25) is 0 Å².